The van der Waals surface area contributed by atoms with Crippen molar-refractivity contribution in [1.29, 1.82) is 5.26 Å². The number of fused-ring (bicyclic) bond motifs is 2. The molecule has 0 unspecified atom stereocenters. The van der Waals surface area contributed by atoms with Gasteiger partial charge < -0.3 is 20.1 Å². The molecule has 0 spiro atoms. The molecule has 2 amide bonds. The molecular formula is C35H26BrN5O6S2. The third-order valence-corrected chi connectivity index (χ3v) is 9.91. The Morgan fingerprint density at radius 3 is 1.76 bits per heavy atom. The maximum atomic E-state index is 12.4. The average Bonchev–Trinajstić information content (AvgIpc) is 3.70. The van der Waals surface area contributed by atoms with Gasteiger partial charge in [0, 0.05) is 50.8 Å². The number of thiophene rings is 2. The molecule has 0 aliphatic rings. The Balaban J connectivity index is 0.000000191. The van der Waals surface area contributed by atoms with Gasteiger partial charge in [0.2, 0.25) is 11.8 Å². The van der Waals surface area contributed by atoms with Crippen LogP contribution in [0.5, 0.6) is 0 Å². The molecular weight excluding hydrogens is 730 g/mol. The Morgan fingerprint density at radius 2 is 1.24 bits per heavy atom. The summed E-state index contributed by atoms with van der Waals surface area (Å²) in [5.74, 6) is -1.61. The quantitative estimate of drug-likeness (QED) is 0.154. The average molecular weight is 757 g/mol. The number of rotatable bonds is 8. The Hall–Kier alpha value is -5.49. The fourth-order valence-electron chi connectivity index (χ4n) is 4.93. The van der Waals surface area contributed by atoms with E-state index in [-0.39, 0.29) is 35.8 Å². The van der Waals surface area contributed by atoms with Gasteiger partial charge in [0.25, 0.3) is 0 Å². The maximum Gasteiger partial charge on any atom is 0.342 e. The summed E-state index contributed by atoms with van der Waals surface area (Å²) in [4.78, 5) is 56.7. The second kappa shape index (κ2) is 16.1. The number of ether oxygens (including phenoxy) is 2. The molecule has 14 heteroatoms. The second-order valence-electron chi connectivity index (χ2n) is 10.2. The standard InChI is InChI=1S/C18H13N3O3S.C17H13BrN2O3S/c1-24-18(23)16-13(8-19)10-25-17(16)21-15(22)7-11-3-2-4-12-9-20-6-5-14(11)12;1-23-17(22)15-13(18)9-24-16(15)20-14(21)7-10-3-2-4-11-8-19-6-5-12(10)11/h2-6,9-10H,7H2,1H3,(H,21,22);2-6,8-9H,7H2,1H3,(H,20,21). The molecule has 6 rings (SSSR count). The number of esters is 2. The first kappa shape index (κ1) is 34.8. The van der Waals surface area contributed by atoms with E-state index in [2.05, 4.69) is 36.5 Å². The first-order chi connectivity index (χ1) is 23.7. The van der Waals surface area contributed by atoms with Gasteiger partial charge >= 0.3 is 11.9 Å². The highest BCUT2D eigenvalue weighted by molar-refractivity contribution is 9.10. The number of carbonyl (C=O) groups excluding carboxylic acids is 4. The van der Waals surface area contributed by atoms with Crippen molar-refractivity contribution in [3.05, 3.63) is 116 Å². The van der Waals surface area contributed by atoms with Crippen molar-refractivity contribution in [1.82, 2.24) is 9.97 Å². The van der Waals surface area contributed by atoms with E-state index in [4.69, 9.17) is 14.7 Å². The van der Waals surface area contributed by atoms with Gasteiger partial charge in [-0.1, -0.05) is 36.4 Å². The van der Waals surface area contributed by atoms with E-state index < -0.39 is 11.9 Å². The van der Waals surface area contributed by atoms with Gasteiger partial charge in [-0.05, 0) is 50.0 Å². The second-order valence-corrected chi connectivity index (χ2v) is 12.8. The number of benzene rings is 2. The van der Waals surface area contributed by atoms with Crippen LogP contribution in [0.4, 0.5) is 10.0 Å². The zero-order valence-electron chi connectivity index (χ0n) is 26.0. The van der Waals surface area contributed by atoms with E-state index in [1.54, 1.807) is 30.2 Å². The summed E-state index contributed by atoms with van der Waals surface area (Å²) < 4.78 is 10.0. The van der Waals surface area contributed by atoms with Crippen LogP contribution < -0.4 is 10.6 Å². The number of amides is 2. The van der Waals surface area contributed by atoms with Crippen LogP contribution in [0, 0.1) is 11.3 Å². The Morgan fingerprint density at radius 1 is 0.755 bits per heavy atom. The molecule has 0 radical (unpaired) electrons. The molecule has 0 bridgehead atoms. The van der Waals surface area contributed by atoms with Crippen molar-refractivity contribution in [2.75, 3.05) is 24.9 Å². The number of anilines is 2. The number of nitriles is 1. The minimum atomic E-state index is -0.649. The van der Waals surface area contributed by atoms with Crippen LogP contribution in [0.2, 0.25) is 0 Å². The molecule has 4 aromatic heterocycles. The lowest BCUT2D eigenvalue weighted by Crippen LogP contribution is -2.16. The maximum absolute atomic E-state index is 12.4. The molecule has 0 aliphatic carbocycles. The molecule has 2 aromatic carbocycles. The van der Waals surface area contributed by atoms with Crippen LogP contribution in [0.1, 0.15) is 37.4 Å². The van der Waals surface area contributed by atoms with E-state index in [0.717, 1.165) is 44.0 Å². The number of halogens is 1. The van der Waals surface area contributed by atoms with Crippen molar-refractivity contribution >= 4 is 93.9 Å². The molecule has 11 nitrogen and oxygen atoms in total. The summed E-state index contributed by atoms with van der Waals surface area (Å²) in [7, 11) is 2.54. The SMILES string of the molecule is COC(=O)c1c(Br)csc1NC(=O)Cc1cccc2cnccc12.COC(=O)c1c(C#N)csc1NC(=O)Cc1cccc2cnccc12. The third-order valence-electron chi connectivity index (χ3n) is 7.19. The minimum absolute atomic E-state index is 0.0884. The summed E-state index contributed by atoms with van der Waals surface area (Å²) in [5, 5.41) is 22.5. The van der Waals surface area contributed by atoms with Gasteiger partial charge in [0.15, 0.2) is 0 Å². The largest absolute Gasteiger partial charge is 0.465 e. The van der Waals surface area contributed by atoms with Crippen molar-refractivity contribution in [2.24, 2.45) is 0 Å². The number of methoxy groups -OCH3 is 2. The highest BCUT2D eigenvalue weighted by atomic mass is 79.9. The predicted octanol–water partition coefficient (Wildman–Crippen LogP) is 7.16. The monoisotopic (exact) mass is 755 g/mol. The lowest BCUT2D eigenvalue weighted by atomic mass is 10.0. The molecule has 246 valence electrons. The molecule has 49 heavy (non-hydrogen) atoms. The highest BCUT2D eigenvalue weighted by Gasteiger charge is 2.22. The van der Waals surface area contributed by atoms with E-state index in [0.29, 0.717) is 20.0 Å². The third kappa shape index (κ3) is 8.15. The Kier molecular flexibility index (Phi) is 11.4. The van der Waals surface area contributed by atoms with Crippen molar-refractivity contribution in [2.45, 2.75) is 12.8 Å². The van der Waals surface area contributed by atoms with Gasteiger partial charge in [0.1, 0.15) is 27.2 Å². The van der Waals surface area contributed by atoms with Crippen molar-refractivity contribution in [3.8, 4) is 6.07 Å². The van der Waals surface area contributed by atoms with Crippen LogP contribution in [0.15, 0.2) is 88.6 Å². The summed E-state index contributed by atoms with van der Waals surface area (Å²) in [6.07, 6.45) is 7.24. The zero-order chi connectivity index (χ0) is 34.9. The fraction of sp³-hybridized carbons (Fsp3) is 0.114. The van der Waals surface area contributed by atoms with E-state index >= 15 is 0 Å². The predicted molar refractivity (Wildman–Crippen MR) is 192 cm³/mol. The first-order valence-electron chi connectivity index (χ1n) is 14.4. The van der Waals surface area contributed by atoms with Gasteiger partial charge in [-0.2, -0.15) is 5.26 Å². The van der Waals surface area contributed by atoms with E-state index in [1.165, 1.54) is 30.9 Å². The Bertz CT molecular complexity index is 2230. The van der Waals surface area contributed by atoms with Crippen LogP contribution in [0.25, 0.3) is 21.5 Å². The number of hydrogen-bond acceptors (Lipinski definition) is 11. The molecule has 0 aliphatic heterocycles. The van der Waals surface area contributed by atoms with E-state index in [9.17, 15) is 19.2 Å². The zero-order valence-corrected chi connectivity index (χ0v) is 29.2. The first-order valence-corrected chi connectivity index (χ1v) is 17.0. The normalized spacial score (nSPS) is 10.4. The van der Waals surface area contributed by atoms with Gasteiger partial charge in [-0.15, -0.1) is 22.7 Å². The van der Waals surface area contributed by atoms with Crippen LogP contribution in [-0.2, 0) is 31.9 Å². The van der Waals surface area contributed by atoms with Crippen molar-refractivity contribution < 1.29 is 28.7 Å². The summed E-state index contributed by atoms with van der Waals surface area (Å²) in [5.41, 5.74) is 2.36. The molecule has 0 saturated heterocycles. The smallest absolute Gasteiger partial charge is 0.342 e. The molecule has 0 saturated carbocycles. The van der Waals surface area contributed by atoms with Crippen LogP contribution in [-0.4, -0.2) is 47.9 Å². The summed E-state index contributed by atoms with van der Waals surface area (Å²) in [6.45, 7) is 0. The van der Waals surface area contributed by atoms with Crippen LogP contribution in [0.3, 0.4) is 0 Å². The Labute approximate surface area is 296 Å². The van der Waals surface area contributed by atoms with Crippen molar-refractivity contribution in [3.63, 3.8) is 0 Å². The lowest BCUT2D eigenvalue weighted by molar-refractivity contribution is -0.116. The molecule has 4 heterocycles. The summed E-state index contributed by atoms with van der Waals surface area (Å²) in [6, 6.07) is 17.1. The molecule has 0 atom stereocenters. The fourth-order valence-corrected chi connectivity index (χ4v) is 7.42. The number of carbonyl (C=O) groups is 4. The number of hydrogen-bond donors (Lipinski definition) is 2. The van der Waals surface area contributed by atoms with Gasteiger partial charge in [-0.25, -0.2) is 9.59 Å². The highest BCUT2D eigenvalue weighted by Crippen LogP contribution is 2.33. The molecule has 2 N–H and O–H groups in total. The van der Waals surface area contributed by atoms with E-state index in [1.807, 2.05) is 54.6 Å². The number of nitrogens with one attached hydrogen (secondary N) is 2. The number of pyridine rings is 2. The topological polar surface area (TPSA) is 160 Å². The lowest BCUT2D eigenvalue weighted by Gasteiger charge is -2.08. The van der Waals surface area contributed by atoms with Gasteiger partial charge in [0.05, 0.1) is 32.6 Å². The minimum Gasteiger partial charge on any atom is -0.465 e. The number of aromatic nitrogens is 2. The molecule has 0 fully saturated rings. The van der Waals surface area contributed by atoms with Crippen LogP contribution >= 0.6 is 38.6 Å². The summed E-state index contributed by atoms with van der Waals surface area (Å²) >= 11 is 5.69. The molecule has 6 aromatic rings. The number of nitrogens with zero attached hydrogens (tertiary/aromatic N) is 3. The van der Waals surface area contributed by atoms with Gasteiger partial charge in [-0.3, -0.25) is 19.6 Å².